The van der Waals surface area contributed by atoms with E-state index in [1.165, 1.54) is 23.3 Å². The SMILES string of the molecule is O=c1c2c3c(sc2[nH]c(=S)n1CCCN1CCOCC1)CCCC3. The fraction of sp³-hybridized carbons (Fsp3) is 0.647. The van der Waals surface area contributed by atoms with Crippen LogP contribution in [-0.4, -0.2) is 47.3 Å². The minimum atomic E-state index is 0.107. The molecule has 7 heteroatoms. The van der Waals surface area contributed by atoms with E-state index in [0.717, 1.165) is 62.3 Å². The molecule has 0 aromatic carbocycles. The van der Waals surface area contributed by atoms with Crippen molar-refractivity contribution in [1.82, 2.24) is 14.5 Å². The van der Waals surface area contributed by atoms with Gasteiger partial charge in [-0.05, 0) is 49.9 Å². The van der Waals surface area contributed by atoms with Gasteiger partial charge in [-0.25, -0.2) is 0 Å². The second-order valence-electron chi connectivity index (χ2n) is 6.61. The van der Waals surface area contributed by atoms with Crippen molar-refractivity contribution < 1.29 is 4.74 Å². The highest BCUT2D eigenvalue weighted by molar-refractivity contribution is 7.71. The van der Waals surface area contributed by atoms with E-state index in [9.17, 15) is 4.79 Å². The van der Waals surface area contributed by atoms with Crippen molar-refractivity contribution in [1.29, 1.82) is 0 Å². The van der Waals surface area contributed by atoms with Gasteiger partial charge in [-0.2, -0.15) is 0 Å². The van der Waals surface area contributed by atoms with Gasteiger partial charge in [-0.3, -0.25) is 14.3 Å². The van der Waals surface area contributed by atoms with Crippen LogP contribution in [0.25, 0.3) is 10.2 Å². The van der Waals surface area contributed by atoms with E-state index in [0.29, 0.717) is 11.3 Å². The lowest BCUT2D eigenvalue weighted by molar-refractivity contribution is 0.0369. The standard InChI is InChI=1S/C17H23N3O2S2/c21-16-14-12-4-1-2-5-13(12)24-15(14)18-17(23)20(16)7-3-6-19-8-10-22-11-9-19/h1-11H2,(H,18,23). The van der Waals surface area contributed by atoms with E-state index in [1.54, 1.807) is 15.9 Å². The molecule has 2 aromatic heterocycles. The van der Waals surface area contributed by atoms with Crippen molar-refractivity contribution in [3.05, 3.63) is 25.6 Å². The summed E-state index contributed by atoms with van der Waals surface area (Å²) in [6.07, 6.45) is 5.49. The molecule has 0 radical (unpaired) electrons. The number of nitrogens with zero attached hydrogens (tertiary/aromatic N) is 2. The van der Waals surface area contributed by atoms with Crippen LogP contribution in [0.1, 0.15) is 29.7 Å². The molecule has 1 aliphatic carbocycles. The molecular formula is C17H23N3O2S2. The first kappa shape index (κ1) is 16.4. The van der Waals surface area contributed by atoms with E-state index in [1.807, 2.05) is 0 Å². The Balaban J connectivity index is 1.58. The summed E-state index contributed by atoms with van der Waals surface area (Å²) in [4.78, 5) is 21.1. The van der Waals surface area contributed by atoms with Crippen LogP contribution in [0.3, 0.4) is 0 Å². The third-order valence-corrected chi connectivity index (χ3v) is 6.59. The van der Waals surface area contributed by atoms with Crippen LogP contribution in [0, 0.1) is 4.77 Å². The van der Waals surface area contributed by atoms with Crippen molar-refractivity contribution in [2.45, 2.75) is 38.6 Å². The Hall–Kier alpha value is -1.02. The summed E-state index contributed by atoms with van der Waals surface area (Å²) in [6.45, 7) is 5.27. The molecule has 0 bridgehead atoms. The number of rotatable bonds is 4. The topological polar surface area (TPSA) is 50.3 Å². The highest BCUT2D eigenvalue weighted by Crippen LogP contribution is 2.33. The Labute approximate surface area is 150 Å². The smallest absolute Gasteiger partial charge is 0.263 e. The number of thiophene rings is 1. The molecule has 5 nitrogen and oxygen atoms in total. The average molecular weight is 366 g/mol. The van der Waals surface area contributed by atoms with E-state index in [2.05, 4.69) is 9.88 Å². The molecular weight excluding hydrogens is 342 g/mol. The molecule has 0 saturated carbocycles. The van der Waals surface area contributed by atoms with Gasteiger partial charge in [0.25, 0.3) is 5.56 Å². The van der Waals surface area contributed by atoms with E-state index in [4.69, 9.17) is 17.0 Å². The molecule has 3 heterocycles. The number of hydrogen-bond donors (Lipinski definition) is 1. The number of aromatic amines is 1. The fourth-order valence-electron chi connectivity index (χ4n) is 3.75. The summed E-state index contributed by atoms with van der Waals surface area (Å²) in [5.41, 5.74) is 1.38. The number of ether oxygens (including phenoxy) is 1. The minimum absolute atomic E-state index is 0.107. The lowest BCUT2D eigenvalue weighted by Gasteiger charge is -2.26. The molecule has 2 aliphatic rings. The Kier molecular flexibility index (Phi) is 4.85. The molecule has 2 aromatic rings. The van der Waals surface area contributed by atoms with E-state index >= 15 is 0 Å². The monoisotopic (exact) mass is 365 g/mol. The number of morpholine rings is 1. The Morgan fingerprint density at radius 2 is 1.96 bits per heavy atom. The summed E-state index contributed by atoms with van der Waals surface area (Å²) in [7, 11) is 0. The summed E-state index contributed by atoms with van der Waals surface area (Å²) in [6, 6.07) is 0. The van der Waals surface area contributed by atoms with Crippen LogP contribution >= 0.6 is 23.6 Å². The average Bonchev–Trinajstić information content (AvgIpc) is 2.97. The van der Waals surface area contributed by atoms with Gasteiger partial charge in [-0.1, -0.05) is 0 Å². The molecule has 0 unspecified atom stereocenters. The van der Waals surface area contributed by atoms with Crippen LogP contribution in [0.5, 0.6) is 0 Å². The molecule has 24 heavy (non-hydrogen) atoms. The third kappa shape index (κ3) is 3.10. The Morgan fingerprint density at radius 1 is 1.17 bits per heavy atom. The first-order chi connectivity index (χ1) is 11.7. The maximum atomic E-state index is 13.0. The number of hydrogen-bond acceptors (Lipinski definition) is 5. The zero-order chi connectivity index (χ0) is 16.5. The third-order valence-electron chi connectivity index (χ3n) is 5.06. The number of aryl methyl sites for hydroxylation is 2. The number of fused-ring (bicyclic) bond motifs is 3. The van der Waals surface area contributed by atoms with Crippen molar-refractivity contribution >= 4 is 33.8 Å². The minimum Gasteiger partial charge on any atom is -0.379 e. The Bertz CT molecular complexity index is 846. The molecule has 0 atom stereocenters. The zero-order valence-electron chi connectivity index (χ0n) is 13.8. The highest BCUT2D eigenvalue weighted by Gasteiger charge is 2.20. The van der Waals surface area contributed by atoms with Gasteiger partial charge in [0.15, 0.2) is 4.77 Å². The number of nitrogens with one attached hydrogen (secondary N) is 1. The van der Waals surface area contributed by atoms with E-state index < -0.39 is 0 Å². The van der Waals surface area contributed by atoms with Crippen LogP contribution in [0.2, 0.25) is 0 Å². The molecule has 0 amide bonds. The maximum Gasteiger partial charge on any atom is 0.263 e. The van der Waals surface area contributed by atoms with Gasteiger partial charge in [0.1, 0.15) is 4.83 Å². The van der Waals surface area contributed by atoms with Gasteiger partial charge in [0, 0.05) is 31.1 Å². The highest BCUT2D eigenvalue weighted by atomic mass is 32.1. The van der Waals surface area contributed by atoms with Crippen LogP contribution in [0.15, 0.2) is 4.79 Å². The van der Waals surface area contributed by atoms with Gasteiger partial charge in [-0.15, -0.1) is 11.3 Å². The van der Waals surface area contributed by atoms with Gasteiger partial charge in [0.2, 0.25) is 0 Å². The number of H-pyrrole nitrogens is 1. The molecule has 1 saturated heterocycles. The lowest BCUT2D eigenvalue weighted by atomic mass is 9.97. The molecule has 4 rings (SSSR count). The van der Waals surface area contributed by atoms with Gasteiger partial charge < -0.3 is 9.72 Å². The second-order valence-corrected chi connectivity index (χ2v) is 8.10. The van der Waals surface area contributed by atoms with Crippen molar-refractivity contribution in [3.63, 3.8) is 0 Å². The molecule has 0 spiro atoms. The lowest BCUT2D eigenvalue weighted by Crippen LogP contribution is -2.37. The predicted molar refractivity (Wildman–Crippen MR) is 99.8 cm³/mol. The summed E-state index contributed by atoms with van der Waals surface area (Å²) in [5.74, 6) is 0. The fourth-order valence-corrected chi connectivity index (χ4v) is 5.37. The van der Waals surface area contributed by atoms with Gasteiger partial charge >= 0.3 is 0 Å². The predicted octanol–water partition coefficient (Wildman–Crippen LogP) is 2.72. The Morgan fingerprint density at radius 3 is 2.79 bits per heavy atom. The van der Waals surface area contributed by atoms with E-state index in [-0.39, 0.29) is 5.56 Å². The van der Waals surface area contributed by atoms with Crippen molar-refractivity contribution in [2.75, 3.05) is 32.8 Å². The molecule has 1 N–H and O–H groups in total. The first-order valence-corrected chi connectivity index (χ1v) is 10.0. The summed E-state index contributed by atoms with van der Waals surface area (Å²) < 4.78 is 7.70. The van der Waals surface area contributed by atoms with Crippen LogP contribution in [-0.2, 0) is 24.1 Å². The quantitative estimate of drug-likeness (QED) is 0.847. The van der Waals surface area contributed by atoms with Crippen molar-refractivity contribution in [2.24, 2.45) is 0 Å². The second kappa shape index (κ2) is 7.07. The van der Waals surface area contributed by atoms with Crippen LogP contribution < -0.4 is 5.56 Å². The van der Waals surface area contributed by atoms with Gasteiger partial charge in [0.05, 0.1) is 18.6 Å². The number of aromatic nitrogens is 2. The molecule has 130 valence electrons. The first-order valence-electron chi connectivity index (χ1n) is 8.81. The molecule has 1 fully saturated rings. The molecule has 1 aliphatic heterocycles. The normalized spacial score (nSPS) is 18.8. The maximum absolute atomic E-state index is 13.0. The summed E-state index contributed by atoms with van der Waals surface area (Å²) in [5, 5.41) is 0.898. The summed E-state index contributed by atoms with van der Waals surface area (Å²) >= 11 is 7.18. The van der Waals surface area contributed by atoms with Crippen LogP contribution in [0.4, 0.5) is 0 Å². The largest absolute Gasteiger partial charge is 0.379 e. The zero-order valence-corrected chi connectivity index (χ0v) is 15.4. The van der Waals surface area contributed by atoms with Crippen molar-refractivity contribution in [3.8, 4) is 0 Å².